The van der Waals surface area contributed by atoms with Crippen molar-refractivity contribution in [2.24, 2.45) is 11.8 Å². The van der Waals surface area contributed by atoms with Crippen LogP contribution >= 0.6 is 0 Å². The van der Waals surface area contributed by atoms with Crippen molar-refractivity contribution in [2.45, 2.75) is 38.8 Å². The number of nitrogens with zero attached hydrogens (tertiary/aromatic N) is 1. The molecule has 7 heteroatoms. The van der Waals surface area contributed by atoms with E-state index in [2.05, 4.69) is 0 Å². The van der Waals surface area contributed by atoms with Crippen molar-refractivity contribution in [1.29, 1.82) is 0 Å². The van der Waals surface area contributed by atoms with Gasteiger partial charge in [0.1, 0.15) is 6.10 Å². The third-order valence-corrected chi connectivity index (χ3v) is 5.29. The number of esters is 1. The molecule has 2 heterocycles. The molecule has 1 aromatic carbocycles. The number of rotatable bonds is 7. The molecule has 1 aliphatic carbocycles. The van der Waals surface area contributed by atoms with Gasteiger partial charge < -0.3 is 23.8 Å². The van der Waals surface area contributed by atoms with E-state index in [9.17, 15) is 9.59 Å². The zero-order chi connectivity index (χ0) is 18.8. The van der Waals surface area contributed by atoms with Crippen molar-refractivity contribution in [3.8, 4) is 11.5 Å². The Labute approximate surface area is 158 Å². The minimum absolute atomic E-state index is 0.000300. The predicted molar refractivity (Wildman–Crippen MR) is 95.2 cm³/mol. The number of amides is 1. The first kappa shape index (κ1) is 18.1. The Bertz CT molecular complexity index is 714. The van der Waals surface area contributed by atoms with E-state index in [4.69, 9.17) is 18.9 Å². The third kappa shape index (κ3) is 4.03. The number of benzene rings is 1. The summed E-state index contributed by atoms with van der Waals surface area (Å²) < 4.78 is 21.5. The molecule has 0 aromatic heterocycles. The first-order chi connectivity index (χ1) is 13.2. The van der Waals surface area contributed by atoms with Gasteiger partial charge in [0.2, 0.25) is 6.79 Å². The van der Waals surface area contributed by atoms with Gasteiger partial charge in [0, 0.05) is 19.7 Å². The highest BCUT2D eigenvalue weighted by atomic mass is 16.7. The van der Waals surface area contributed by atoms with Gasteiger partial charge in [-0.3, -0.25) is 9.59 Å². The Hall–Kier alpha value is -2.28. The first-order valence-corrected chi connectivity index (χ1v) is 9.61. The number of ether oxygens (including phenoxy) is 4. The molecule has 2 fully saturated rings. The molecule has 0 N–H and O–H groups in total. The van der Waals surface area contributed by atoms with E-state index in [1.54, 1.807) is 0 Å². The van der Waals surface area contributed by atoms with Gasteiger partial charge in [-0.1, -0.05) is 6.07 Å². The van der Waals surface area contributed by atoms with E-state index in [0.29, 0.717) is 32.1 Å². The molecule has 3 atom stereocenters. The molecular formula is C20H25NO6. The van der Waals surface area contributed by atoms with Gasteiger partial charge in [-0.25, -0.2) is 0 Å². The van der Waals surface area contributed by atoms with Crippen molar-refractivity contribution < 1.29 is 28.5 Å². The SMILES string of the molecule is CCOC(=O)C1CC1CN(Cc1ccc2c(c1)OCO2)C(=O)C1CCCO1. The molecule has 27 heavy (non-hydrogen) atoms. The maximum atomic E-state index is 13.0. The van der Waals surface area contributed by atoms with Gasteiger partial charge in [0.15, 0.2) is 11.5 Å². The highest BCUT2D eigenvalue weighted by Crippen LogP contribution is 2.41. The molecular weight excluding hydrogens is 350 g/mol. The molecule has 0 radical (unpaired) electrons. The summed E-state index contributed by atoms with van der Waals surface area (Å²) >= 11 is 0. The quantitative estimate of drug-likeness (QED) is 0.680. The fourth-order valence-electron chi connectivity index (χ4n) is 3.74. The van der Waals surface area contributed by atoms with Gasteiger partial charge in [0.25, 0.3) is 5.91 Å². The Kier molecular flexibility index (Phi) is 5.20. The summed E-state index contributed by atoms with van der Waals surface area (Å²) in [6.45, 7) is 4.04. The third-order valence-electron chi connectivity index (χ3n) is 5.29. The predicted octanol–water partition coefficient (Wildman–Crippen LogP) is 2.12. The fourth-order valence-corrected chi connectivity index (χ4v) is 3.74. The van der Waals surface area contributed by atoms with Crippen LogP contribution in [0.2, 0.25) is 0 Å². The first-order valence-electron chi connectivity index (χ1n) is 9.61. The van der Waals surface area contributed by atoms with Gasteiger partial charge in [-0.15, -0.1) is 0 Å². The van der Waals surface area contributed by atoms with Crippen LogP contribution in [0.3, 0.4) is 0 Å². The Balaban J connectivity index is 1.45. The van der Waals surface area contributed by atoms with Crippen LogP contribution in [0.4, 0.5) is 0 Å². The largest absolute Gasteiger partial charge is 0.466 e. The second-order valence-corrected chi connectivity index (χ2v) is 7.26. The van der Waals surface area contributed by atoms with Gasteiger partial charge in [-0.05, 0) is 49.8 Å². The van der Waals surface area contributed by atoms with Crippen molar-refractivity contribution >= 4 is 11.9 Å². The van der Waals surface area contributed by atoms with Crippen LogP contribution in [0.5, 0.6) is 11.5 Å². The molecule has 3 unspecified atom stereocenters. The zero-order valence-electron chi connectivity index (χ0n) is 15.5. The molecule has 0 bridgehead atoms. The average molecular weight is 375 g/mol. The molecule has 7 nitrogen and oxygen atoms in total. The lowest BCUT2D eigenvalue weighted by atomic mass is 10.1. The van der Waals surface area contributed by atoms with Crippen molar-refractivity contribution in [2.75, 3.05) is 26.6 Å². The lowest BCUT2D eigenvalue weighted by molar-refractivity contribution is -0.146. The molecule has 0 spiro atoms. The number of carbonyl (C=O) groups is 2. The van der Waals surface area contributed by atoms with Crippen LogP contribution < -0.4 is 9.47 Å². The van der Waals surface area contributed by atoms with E-state index in [0.717, 1.165) is 30.6 Å². The maximum absolute atomic E-state index is 13.0. The van der Waals surface area contributed by atoms with E-state index < -0.39 is 0 Å². The van der Waals surface area contributed by atoms with Crippen LogP contribution in [0.25, 0.3) is 0 Å². The highest BCUT2D eigenvalue weighted by Gasteiger charge is 2.46. The van der Waals surface area contributed by atoms with Crippen LogP contribution in [-0.2, 0) is 25.6 Å². The van der Waals surface area contributed by atoms with Gasteiger partial charge >= 0.3 is 5.97 Å². The summed E-state index contributed by atoms with van der Waals surface area (Å²) in [5, 5.41) is 0. The second kappa shape index (κ2) is 7.76. The Morgan fingerprint density at radius 1 is 1.26 bits per heavy atom. The summed E-state index contributed by atoms with van der Waals surface area (Å²) in [4.78, 5) is 26.7. The van der Waals surface area contributed by atoms with Crippen molar-refractivity contribution in [3.05, 3.63) is 23.8 Å². The molecule has 1 aromatic rings. The smallest absolute Gasteiger partial charge is 0.309 e. The lowest BCUT2D eigenvalue weighted by Crippen LogP contribution is -2.40. The van der Waals surface area contributed by atoms with E-state index in [-0.39, 0.29) is 36.6 Å². The lowest BCUT2D eigenvalue weighted by Gasteiger charge is -2.26. The van der Waals surface area contributed by atoms with Crippen LogP contribution in [0.1, 0.15) is 31.7 Å². The number of carbonyl (C=O) groups excluding carboxylic acids is 2. The minimum atomic E-state index is -0.376. The highest BCUT2D eigenvalue weighted by molar-refractivity contribution is 5.81. The number of fused-ring (bicyclic) bond motifs is 1. The summed E-state index contributed by atoms with van der Waals surface area (Å²) in [6, 6.07) is 5.72. The molecule has 1 saturated heterocycles. The monoisotopic (exact) mass is 375 g/mol. The summed E-state index contributed by atoms with van der Waals surface area (Å²) in [5.41, 5.74) is 0.971. The molecule has 3 aliphatic rings. The maximum Gasteiger partial charge on any atom is 0.309 e. The molecule has 4 rings (SSSR count). The van der Waals surface area contributed by atoms with E-state index in [1.807, 2.05) is 30.0 Å². The van der Waals surface area contributed by atoms with Crippen molar-refractivity contribution in [1.82, 2.24) is 4.90 Å². The summed E-state index contributed by atoms with van der Waals surface area (Å²) in [5.74, 6) is 1.33. The Morgan fingerprint density at radius 2 is 2.11 bits per heavy atom. The normalized spacial score (nSPS) is 25.3. The van der Waals surface area contributed by atoms with Crippen molar-refractivity contribution in [3.63, 3.8) is 0 Å². The average Bonchev–Trinajstić information content (AvgIpc) is 3.06. The van der Waals surface area contributed by atoms with E-state index in [1.165, 1.54) is 0 Å². The second-order valence-electron chi connectivity index (χ2n) is 7.26. The summed E-state index contributed by atoms with van der Waals surface area (Å²) in [7, 11) is 0. The standard InChI is InChI=1S/C20H25NO6/c1-2-24-20(23)15-9-14(15)11-21(19(22)17-4-3-7-25-17)10-13-5-6-16-18(8-13)27-12-26-16/h5-6,8,14-15,17H,2-4,7,9-12H2,1H3. The summed E-state index contributed by atoms with van der Waals surface area (Å²) in [6.07, 6.45) is 2.06. The van der Waals surface area contributed by atoms with Gasteiger partial charge in [0.05, 0.1) is 12.5 Å². The topological polar surface area (TPSA) is 74.3 Å². The number of hydrogen-bond acceptors (Lipinski definition) is 6. The fraction of sp³-hybridized carbons (Fsp3) is 0.600. The number of hydrogen-bond donors (Lipinski definition) is 0. The minimum Gasteiger partial charge on any atom is -0.466 e. The van der Waals surface area contributed by atoms with Gasteiger partial charge in [-0.2, -0.15) is 0 Å². The zero-order valence-corrected chi connectivity index (χ0v) is 15.5. The van der Waals surface area contributed by atoms with E-state index >= 15 is 0 Å². The molecule has 1 saturated carbocycles. The van der Waals surface area contributed by atoms with Crippen LogP contribution in [0, 0.1) is 11.8 Å². The Morgan fingerprint density at radius 3 is 2.89 bits per heavy atom. The van der Waals surface area contributed by atoms with Crippen LogP contribution in [0.15, 0.2) is 18.2 Å². The van der Waals surface area contributed by atoms with Crippen LogP contribution in [-0.4, -0.2) is 49.4 Å². The molecule has 2 aliphatic heterocycles. The molecule has 146 valence electrons. The molecule has 1 amide bonds.